The van der Waals surface area contributed by atoms with E-state index in [0.29, 0.717) is 22.1 Å². The second-order valence-electron chi connectivity index (χ2n) is 6.85. The highest BCUT2D eigenvalue weighted by Gasteiger charge is 2.39. The van der Waals surface area contributed by atoms with Gasteiger partial charge in [-0.25, -0.2) is 0 Å². The minimum atomic E-state index is 0.519. The monoisotopic (exact) mass is 361 g/mol. The van der Waals surface area contributed by atoms with E-state index < -0.39 is 0 Å². The van der Waals surface area contributed by atoms with Gasteiger partial charge in [0.05, 0.1) is 27.6 Å². The summed E-state index contributed by atoms with van der Waals surface area (Å²) in [4.78, 5) is 7.19. The Hall–Kier alpha value is -1.29. The van der Waals surface area contributed by atoms with Crippen molar-refractivity contribution in [1.82, 2.24) is 9.88 Å². The molecule has 2 unspecified atom stereocenters. The van der Waals surface area contributed by atoms with E-state index in [1.807, 2.05) is 30.5 Å². The summed E-state index contributed by atoms with van der Waals surface area (Å²) in [5.41, 5.74) is 2.97. The Balaban J connectivity index is 1.50. The fourth-order valence-electron chi connectivity index (χ4n) is 4.04. The van der Waals surface area contributed by atoms with Crippen molar-refractivity contribution in [3.8, 4) is 11.3 Å². The molecule has 0 spiro atoms. The lowest BCUT2D eigenvalue weighted by atomic mass is 9.79. The molecule has 3 nitrogen and oxygen atoms in total. The third-order valence-corrected chi connectivity index (χ3v) is 6.23. The number of benzene rings is 1. The molecule has 5 heteroatoms. The van der Waals surface area contributed by atoms with E-state index in [0.717, 1.165) is 22.9 Å². The number of nitrogens with one attached hydrogen (secondary N) is 1. The Morgan fingerprint density at radius 2 is 1.88 bits per heavy atom. The van der Waals surface area contributed by atoms with Crippen LogP contribution in [0.4, 0.5) is 5.69 Å². The summed E-state index contributed by atoms with van der Waals surface area (Å²) >= 11 is 12.1. The molecule has 3 aliphatic heterocycles. The molecular formula is C19H21Cl2N3. The van der Waals surface area contributed by atoms with Crippen LogP contribution in [-0.2, 0) is 0 Å². The van der Waals surface area contributed by atoms with Crippen LogP contribution in [0.1, 0.15) is 19.8 Å². The van der Waals surface area contributed by atoms with Crippen LogP contribution >= 0.6 is 23.2 Å². The molecule has 2 bridgehead atoms. The predicted molar refractivity (Wildman–Crippen MR) is 101 cm³/mol. The van der Waals surface area contributed by atoms with Crippen LogP contribution in [0.5, 0.6) is 0 Å². The van der Waals surface area contributed by atoms with Gasteiger partial charge < -0.3 is 5.32 Å². The van der Waals surface area contributed by atoms with Crippen LogP contribution in [0.3, 0.4) is 0 Å². The van der Waals surface area contributed by atoms with Crippen molar-refractivity contribution in [3.05, 3.63) is 46.6 Å². The molecule has 3 aliphatic rings. The Labute approximate surface area is 153 Å². The van der Waals surface area contributed by atoms with E-state index in [1.165, 1.54) is 25.9 Å². The van der Waals surface area contributed by atoms with Gasteiger partial charge in [0.1, 0.15) is 0 Å². The Morgan fingerprint density at radius 1 is 1.08 bits per heavy atom. The number of pyridine rings is 1. The maximum atomic E-state index is 6.10. The van der Waals surface area contributed by atoms with E-state index in [4.69, 9.17) is 23.2 Å². The maximum absolute atomic E-state index is 6.10. The number of aromatic nitrogens is 1. The average molecular weight is 362 g/mol. The van der Waals surface area contributed by atoms with Crippen molar-refractivity contribution < 1.29 is 0 Å². The van der Waals surface area contributed by atoms with E-state index >= 15 is 0 Å². The fourth-order valence-corrected chi connectivity index (χ4v) is 4.34. The van der Waals surface area contributed by atoms with Gasteiger partial charge in [-0.15, -0.1) is 0 Å². The first kappa shape index (κ1) is 16.2. The molecule has 1 aromatic heterocycles. The number of nitrogens with zero attached hydrogens (tertiary/aromatic N) is 2. The molecule has 2 atom stereocenters. The minimum Gasteiger partial charge on any atom is -0.379 e. The molecular weight excluding hydrogens is 341 g/mol. The Kier molecular flexibility index (Phi) is 4.42. The normalized spacial score (nSPS) is 28.8. The van der Waals surface area contributed by atoms with Crippen molar-refractivity contribution in [2.75, 3.05) is 18.4 Å². The largest absolute Gasteiger partial charge is 0.379 e. The second kappa shape index (κ2) is 6.55. The van der Waals surface area contributed by atoms with E-state index in [2.05, 4.69) is 28.2 Å². The second-order valence-corrected chi connectivity index (χ2v) is 7.66. The summed E-state index contributed by atoms with van der Waals surface area (Å²) in [6.45, 7) is 4.83. The van der Waals surface area contributed by atoms with Gasteiger partial charge in [-0.1, -0.05) is 29.3 Å². The van der Waals surface area contributed by atoms with Crippen LogP contribution in [0.15, 0.2) is 36.5 Å². The van der Waals surface area contributed by atoms with Crippen LogP contribution in [0.2, 0.25) is 10.0 Å². The van der Waals surface area contributed by atoms with Crippen LogP contribution < -0.4 is 5.32 Å². The molecule has 3 fully saturated rings. The van der Waals surface area contributed by atoms with E-state index in [1.54, 1.807) is 0 Å². The number of fused-ring (bicyclic) bond motifs is 3. The minimum absolute atomic E-state index is 0.519. The third kappa shape index (κ3) is 3.01. The number of halogens is 2. The van der Waals surface area contributed by atoms with Gasteiger partial charge in [0.15, 0.2) is 0 Å². The summed E-state index contributed by atoms with van der Waals surface area (Å²) in [5.74, 6) is 0.778. The molecule has 2 aromatic rings. The van der Waals surface area contributed by atoms with Gasteiger partial charge in [-0.3, -0.25) is 9.88 Å². The van der Waals surface area contributed by atoms with Crippen molar-refractivity contribution in [3.63, 3.8) is 0 Å². The number of anilines is 1. The van der Waals surface area contributed by atoms with Gasteiger partial charge in [0, 0.05) is 17.6 Å². The summed E-state index contributed by atoms with van der Waals surface area (Å²) in [6.07, 6.45) is 4.52. The standard InChI is InChI=1S/C19H21Cl2N3/c1-12-19(13-6-8-24(12)9-7-13)23-15-3-5-18(22-11-15)14-2-4-16(20)17(21)10-14/h2-5,10-13,19,23H,6-9H2,1H3. The Bertz CT molecular complexity index is 722. The number of hydrogen-bond donors (Lipinski definition) is 1. The average Bonchev–Trinajstić information content (AvgIpc) is 2.61. The highest BCUT2D eigenvalue weighted by Crippen LogP contribution is 2.34. The maximum Gasteiger partial charge on any atom is 0.0704 e. The lowest BCUT2D eigenvalue weighted by molar-refractivity contribution is 0.0458. The highest BCUT2D eigenvalue weighted by molar-refractivity contribution is 6.42. The fraction of sp³-hybridized carbons (Fsp3) is 0.421. The van der Waals surface area contributed by atoms with Crippen LogP contribution in [0.25, 0.3) is 11.3 Å². The Morgan fingerprint density at radius 3 is 2.50 bits per heavy atom. The molecule has 0 aliphatic carbocycles. The zero-order valence-electron chi connectivity index (χ0n) is 13.7. The van der Waals surface area contributed by atoms with Gasteiger partial charge in [0.25, 0.3) is 0 Å². The molecule has 126 valence electrons. The van der Waals surface area contributed by atoms with Crippen molar-refractivity contribution >= 4 is 28.9 Å². The SMILES string of the molecule is CC1C(Nc2ccc(-c3ccc(Cl)c(Cl)c3)nc2)C2CCN1CC2. The quantitative estimate of drug-likeness (QED) is 0.837. The van der Waals surface area contributed by atoms with E-state index in [9.17, 15) is 0 Å². The molecule has 24 heavy (non-hydrogen) atoms. The number of rotatable bonds is 3. The topological polar surface area (TPSA) is 28.2 Å². The molecule has 3 saturated heterocycles. The first-order valence-corrected chi connectivity index (χ1v) is 9.29. The molecule has 1 aromatic carbocycles. The number of piperidine rings is 3. The molecule has 1 N–H and O–H groups in total. The zero-order chi connectivity index (χ0) is 16.7. The summed E-state index contributed by atoms with van der Waals surface area (Å²) < 4.78 is 0. The molecule has 4 heterocycles. The third-order valence-electron chi connectivity index (χ3n) is 5.49. The van der Waals surface area contributed by atoms with Gasteiger partial charge in [-0.05, 0) is 63.0 Å². The predicted octanol–water partition coefficient (Wildman–Crippen LogP) is 4.95. The zero-order valence-corrected chi connectivity index (χ0v) is 15.2. The summed E-state index contributed by atoms with van der Waals surface area (Å²) in [5, 5.41) is 4.83. The lowest BCUT2D eigenvalue weighted by Gasteiger charge is -2.50. The summed E-state index contributed by atoms with van der Waals surface area (Å²) in [7, 11) is 0. The first-order chi connectivity index (χ1) is 11.6. The first-order valence-electron chi connectivity index (χ1n) is 8.54. The molecule has 5 rings (SSSR count). The number of hydrogen-bond acceptors (Lipinski definition) is 3. The summed E-state index contributed by atoms with van der Waals surface area (Å²) in [6, 6.07) is 10.9. The smallest absolute Gasteiger partial charge is 0.0704 e. The van der Waals surface area contributed by atoms with Gasteiger partial charge >= 0.3 is 0 Å². The molecule has 0 radical (unpaired) electrons. The van der Waals surface area contributed by atoms with E-state index in [-0.39, 0.29) is 0 Å². The van der Waals surface area contributed by atoms with Crippen molar-refractivity contribution in [1.29, 1.82) is 0 Å². The lowest BCUT2D eigenvalue weighted by Crippen LogP contribution is -2.59. The van der Waals surface area contributed by atoms with Crippen LogP contribution in [-0.4, -0.2) is 35.1 Å². The van der Waals surface area contributed by atoms with Crippen molar-refractivity contribution in [2.24, 2.45) is 5.92 Å². The van der Waals surface area contributed by atoms with Crippen LogP contribution in [0, 0.1) is 5.92 Å². The van der Waals surface area contributed by atoms with Gasteiger partial charge in [-0.2, -0.15) is 0 Å². The van der Waals surface area contributed by atoms with Crippen molar-refractivity contribution in [2.45, 2.75) is 31.8 Å². The molecule has 0 saturated carbocycles. The molecule has 0 amide bonds. The van der Waals surface area contributed by atoms with Gasteiger partial charge in [0.2, 0.25) is 0 Å². The highest BCUT2D eigenvalue weighted by atomic mass is 35.5.